The third-order valence-electron chi connectivity index (χ3n) is 3.45. The quantitative estimate of drug-likeness (QED) is 0.701. The molecule has 6 nitrogen and oxygen atoms in total. The van der Waals surface area contributed by atoms with E-state index in [0.29, 0.717) is 0 Å². The maximum atomic E-state index is 11.3. The number of nitrogens with zero attached hydrogens (tertiary/aromatic N) is 3. The normalized spacial score (nSPS) is 21.8. The maximum absolute atomic E-state index is 11.3. The van der Waals surface area contributed by atoms with Crippen LogP contribution in [-0.2, 0) is 4.79 Å². The molecule has 6 heteroatoms. The van der Waals surface area contributed by atoms with Gasteiger partial charge in [0.25, 0.3) is 0 Å². The Morgan fingerprint density at radius 1 is 1.18 bits per heavy atom. The molecule has 0 aromatic rings. The highest BCUT2D eigenvalue weighted by atomic mass is 16.2. The minimum absolute atomic E-state index is 0.0485. The Balaban J connectivity index is 1.68. The first kappa shape index (κ1) is 12.2. The second-order valence-electron chi connectivity index (χ2n) is 4.57. The molecule has 2 saturated heterocycles. The summed E-state index contributed by atoms with van der Waals surface area (Å²) in [6.45, 7) is 8.31. The zero-order chi connectivity index (χ0) is 12.3. The lowest BCUT2D eigenvalue weighted by atomic mass is 10.3. The lowest BCUT2D eigenvalue weighted by molar-refractivity contribution is -0.130. The molecule has 96 valence electrons. The van der Waals surface area contributed by atoms with Gasteiger partial charge in [-0.3, -0.25) is 9.69 Å². The van der Waals surface area contributed by atoms with Crippen molar-refractivity contribution in [1.82, 2.24) is 20.0 Å². The number of piperazine rings is 1. The number of urea groups is 1. The molecule has 0 atom stereocenters. The second kappa shape index (κ2) is 5.35. The van der Waals surface area contributed by atoms with Crippen molar-refractivity contribution in [2.75, 3.05) is 52.4 Å². The minimum Gasteiger partial charge on any atom is -0.340 e. The van der Waals surface area contributed by atoms with Crippen LogP contribution in [0.15, 0.2) is 0 Å². The average molecular weight is 240 g/mol. The molecule has 2 rings (SSSR count). The van der Waals surface area contributed by atoms with Gasteiger partial charge in [0, 0.05) is 59.3 Å². The molecule has 0 bridgehead atoms. The van der Waals surface area contributed by atoms with E-state index >= 15 is 0 Å². The number of amides is 3. The lowest BCUT2D eigenvalue weighted by Gasteiger charge is -2.34. The number of carbonyl (C=O) groups is 2. The van der Waals surface area contributed by atoms with Gasteiger partial charge in [-0.25, -0.2) is 4.79 Å². The van der Waals surface area contributed by atoms with Gasteiger partial charge in [0.2, 0.25) is 5.91 Å². The van der Waals surface area contributed by atoms with Crippen LogP contribution in [0.4, 0.5) is 4.79 Å². The van der Waals surface area contributed by atoms with Crippen LogP contribution < -0.4 is 5.32 Å². The number of hydrogen-bond acceptors (Lipinski definition) is 3. The molecule has 1 N–H and O–H groups in total. The molecule has 0 aromatic carbocycles. The van der Waals surface area contributed by atoms with Gasteiger partial charge in [-0.1, -0.05) is 0 Å². The highest BCUT2D eigenvalue weighted by Crippen LogP contribution is 2.03. The summed E-state index contributed by atoms with van der Waals surface area (Å²) in [6.07, 6.45) is 0. The summed E-state index contributed by atoms with van der Waals surface area (Å²) in [5.41, 5.74) is 0. The predicted octanol–water partition coefficient (Wildman–Crippen LogP) is -0.824. The molecule has 0 aromatic heterocycles. The van der Waals surface area contributed by atoms with Crippen LogP contribution in [0, 0.1) is 0 Å². The molecule has 2 fully saturated rings. The first-order valence-corrected chi connectivity index (χ1v) is 6.17. The summed E-state index contributed by atoms with van der Waals surface area (Å²) in [6, 6.07) is 0.0485. The van der Waals surface area contributed by atoms with E-state index in [2.05, 4.69) is 10.2 Å². The zero-order valence-corrected chi connectivity index (χ0v) is 10.3. The summed E-state index contributed by atoms with van der Waals surface area (Å²) in [5.74, 6) is 0.156. The molecule has 0 unspecified atom stereocenters. The van der Waals surface area contributed by atoms with Crippen LogP contribution in [0.5, 0.6) is 0 Å². The Kier molecular flexibility index (Phi) is 3.83. The van der Waals surface area contributed by atoms with E-state index in [9.17, 15) is 9.59 Å². The standard InChI is InChI=1S/C11H20N4O2/c1-10(16)14-7-4-13(5-8-14)6-9-15-3-2-12-11(15)17/h2-9H2,1H3,(H,12,17). The molecule has 0 aliphatic carbocycles. The summed E-state index contributed by atoms with van der Waals surface area (Å²) >= 11 is 0. The molecule has 0 radical (unpaired) electrons. The average Bonchev–Trinajstić information content (AvgIpc) is 2.73. The van der Waals surface area contributed by atoms with Crippen LogP contribution in [-0.4, -0.2) is 79.0 Å². The van der Waals surface area contributed by atoms with E-state index in [1.807, 2.05) is 9.80 Å². The number of rotatable bonds is 3. The van der Waals surface area contributed by atoms with Crippen LogP contribution >= 0.6 is 0 Å². The Labute approximate surface area is 102 Å². The number of nitrogens with one attached hydrogen (secondary N) is 1. The third kappa shape index (κ3) is 3.09. The van der Waals surface area contributed by atoms with Gasteiger partial charge in [0.05, 0.1) is 0 Å². The van der Waals surface area contributed by atoms with Gasteiger partial charge >= 0.3 is 6.03 Å². The number of hydrogen-bond donors (Lipinski definition) is 1. The van der Waals surface area contributed by atoms with Gasteiger partial charge in [0.15, 0.2) is 0 Å². The molecular weight excluding hydrogens is 220 g/mol. The molecule has 0 saturated carbocycles. The van der Waals surface area contributed by atoms with Crippen molar-refractivity contribution >= 4 is 11.9 Å². The molecule has 2 heterocycles. The second-order valence-corrected chi connectivity index (χ2v) is 4.57. The Hall–Kier alpha value is -1.30. The first-order chi connectivity index (χ1) is 8.16. The van der Waals surface area contributed by atoms with Gasteiger partial charge in [-0.2, -0.15) is 0 Å². The van der Waals surface area contributed by atoms with Crippen molar-refractivity contribution in [3.63, 3.8) is 0 Å². The van der Waals surface area contributed by atoms with Crippen molar-refractivity contribution in [2.24, 2.45) is 0 Å². The highest BCUT2D eigenvalue weighted by Gasteiger charge is 2.22. The van der Waals surface area contributed by atoms with E-state index in [1.165, 1.54) is 0 Å². The van der Waals surface area contributed by atoms with Gasteiger partial charge in [-0.15, -0.1) is 0 Å². The highest BCUT2D eigenvalue weighted by molar-refractivity contribution is 5.76. The molecule has 3 amide bonds. The van der Waals surface area contributed by atoms with Crippen molar-refractivity contribution in [3.05, 3.63) is 0 Å². The summed E-state index contributed by atoms with van der Waals surface area (Å²) in [7, 11) is 0. The fourth-order valence-electron chi connectivity index (χ4n) is 2.27. The Morgan fingerprint density at radius 3 is 2.41 bits per heavy atom. The SMILES string of the molecule is CC(=O)N1CCN(CCN2CCNC2=O)CC1. The van der Waals surface area contributed by atoms with E-state index < -0.39 is 0 Å². The summed E-state index contributed by atoms with van der Waals surface area (Å²) < 4.78 is 0. The Morgan fingerprint density at radius 2 is 1.88 bits per heavy atom. The largest absolute Gasteiger partial charge is 0.340 e. The fraction of sp³-hybridized carbons (Fsp3) is 0.818. The van der Waals surface area contributed by atoms with E-state index in [4.69, 9.17) is 0 Å². The molecule has 0 spiro atoms. The topological polar surface area (TPSA) is 55.9 Å². The van der Waals surface area contributed by atoms with Crippen LogP contribution in [0.3, 0.4) is 0 Å². The fourth-order valence-corrected chi connectivity index (χ4v) is 2.27. The smallest absolute Gasteiger partial charge is 0.317 e. The molecular formula is C11H20N4O2. The monoisotopic (exact) mass is 240 g/mol. The van der Waals surface area contributed by atoms with Crippen LogP contribution in [0.25, 0.3) is 0 Å². The van der Waals surface area contributed by atoms with Gasteiger partial charge in [0.1, 0.15) is 0 Å². The zero-order valence-electron chi connectivity index (χ0n) is 10.3. The van der Waals surface area contributed by atoms with Crippen molar-refractivity contribution < 1.29 is 9.59 Å². The Bertz CT molecular complexity index is 300. The molecule has 2 aliphatic rings. The predicted molar refractivity (Wildman–Crippen MR) is 63.7 cm³/mol. The van der Waals surface area contributed by atoms with Crippen molar-refractivity contribution in [1.29, 1.82) is 0 Å². The summed E-state index contributed by atoms with van der Waals surface area (Å²) in [4.78, 5) is 28.5. The van der Waals surface area contributed by atoms with Crippen molar-refractivity contribution in [3.8, 4) is 0 Å². The van der Waals surface area contributed by atoms with Gasteiger partial charge in [-0.05, 0) is 0 Å². The molecule has 2 aliphatic heterocycles. The van der Waals surface area contributed by atoms with E-state index in [-0.39, 0.29) is 11.9 Å². The van der Waals surface area contributed by atoms with E-state index in [0.717, 1.165) is 52.4 Å². The third-order valence-corrected chi connectivity index (χ3v) is 3.45. The van der Waals surface area contributed by atoms with Crippen molar-refractivity contribution in [2.45, 2.75) is 6.92 Å². The lowest BCUT2D eigenvalue weighted by Crippen LogP contribution is -2.49. The maximum Gasteiger partial charge on any atom is 0.317 e. The van der Waals surface area contributed by atoms with Crippen LogP contribution in [0.2, 0.25) is 0 Å². The first-order valence-electron chi connectivity index (χ1n) is 6.17. The van der Waals surface area contributed by atoms with Crippen LogP contribution in [0.1, 0.15) is 6.92 Å². The molecule has 17 heavy (non-hydrogen) atoms. The van der Waals surface area contributed by atoms with Gasteiger partial charge < -0.3 is 15.1 Å². The number of carbonyl (C=O) groups excluding carboxylic acids is 2. The minimum atomic E-state index is 0.0485. The summed E-state index contributed by atoms with van der Waals surface area (Å²) in [5, 5.41) is 2.79. The van der Waals surface area contributed by atoms with E-state index in [1.54, 1.807) is 6.92 Å².